The van der Waals surface area contributed by atoms with Gasteiger partial charge in [0, 0.05) is 16.9 Å². The Morgan fingerprint density at radius 3 is 2.70 bits per heavy atom. The summed E-state index contributed by atoms with van der Waals surface area (Å²) in [6.07, 6.45) is 0. The lowest BCUT2D eigenvalue weighted by Crippen LogP contribution is -2.15. The molecule has 0 aliphatic heterocycles. The van der Waals surface area contributed by atoms with Crippen LogP contribution < -0.4 is 11.1 Å². The Morgan fingerprint density at radius 1 is 1.25 bits per heavy atom. The Kier molecular flexibility index (Phi) is 3.72. The number of rotatable bonds is 2. The standard InChI is InChI=1S/C16H15N3O/c1-10-6-7-12(9-17)8-15(10)19-16(20)13-4-3-5-14(18)11(13)2/h3-8H,18H2,1-2H3,(H,19,20). The van der Waals surface area contributed by atoms with Crippen LogP contribution in [0, 0.1) is 25.2 Å². The molecule has 0 saturated heterocycles. The van der Waals surface area contributed by atoms with E-state index in [-0.39, 0.29) is 5.91 Å². The lowest BCUT2D eigenvalue weighted by atomic mass is 10.1. The summed E-state index contributed by atoms with van der Waals surface area (Å²) in [6.45, 7) is 3.69. The second-order valence-corrected chi connectivity index (χ2v) is 4.62. The van der Waals surface area contributed by atoms with E-state index in [1.54, 1.807) is 36.4 Å². The number of nitriles is 1. The van der Waals surface area contributed by atoms with Crippen LogP contribution in [0.4, 0.5) is 11.4 Å². The van der Waals surface area contributed by atoms with Crippen LogP contribution in [0.3, 0.4) is 0 Å². The largest absolute Gasteiger partial charge is 0.398 e. The Bertz CT molecular complexity index is 714. The molecule has 0 bridgehead atoms. The Morgan fingerprint density at radius 2 is 2.00 bits per heavy atom. The number of nitrogen functional groups attached to an aromatic ring is 1. The maximum absolute atomic E-state index is 12.3. The summed E-state index contributed by atoms with van der Waals surface area (Å²) in [6, 6.07) is 12.5. The number of hydrogen-bond acceptors (Lipinski definition) is 3. The van der Waals surface area contributed by atoms with Gasteiger partial charge in [0.25, 0.3) is 5.91 Å². The van der Waals surface area contributed by atoms with Crippen molar-refractivity contribution in [2.24, 2.45) is 0 Å². The predicted molar refractivity (Wildman–Crippen MR) is 79.4 cm³/mol. The van der Waals surface area contributed by atoms with Crippen molar-refractivity contribution in [3.05, 3.63) is 58.7 Å². The molecule has 0 aromatic heterocycles. The van der Waals surface area contributed by atoms with Gasteiger partial charge in [-0.15, -0.1) is 0 Å². The van der Waals surface area contributed by atoms with Crippen molar-refractivity contribution in [2.75, 3.05) is 11.1 Å². The molecule has 0 fully saturated rings. The molecule has 0 radical (unpaired) electrons. The molecule has 2 aromatic rings. The second kappa shape index (κ2) is 5.45. The minimum absolute atomic E-state index is 0.229. The van der Waals surface area contributed by atoms with E-state index in [1.807, 2.05) is 13.8 Å². The highest BCUT2D eigenvalue weighted by molar-refractivity contribution is 6.06. The maximum atomic E-state index is 12.3. The summed E-state index contributed by atoms with van der Waals surface area (Å²) in [4.78, 5) is 12.3. The molecule has 4 nitrogen and oxygen atoms in total. The minimum atomic E-state index is -0.229. The van der Waals surface area contributed by atoms with Crippen LogP contribution in [0.25, 0.3) is 0 Å². The molecule has 4 heteroatoms. The Hall–Kier alpha value is -2.80. The molecule has 0 aliphatic carbocycles. The summed E-state index contributed by atoms with van der Waals surface area (Å²) in [7, 11) is 0. The minimum Gasteiger partial charge on any atom is -0.398 e. The van der Waals surface area contributed by atoms with Crippen LogP contribution in [0.1, 0.15) is 27.0 Å². The highest BCUT2D eigenvalue weighted by Gasteiger charge is 2.12. The molecule has 0 spiro atoms. The van der Waals surface area contributed by atoms with E-state index in [4.69, 9.17) is 11.0 Å². The van der Waals surface area contributed by atoms with Gasteiger partial charge < -0.3 is 11.1 Å². The highest BCUT2D eigenvalue weighted by atomic mass is 16.1. The average molecular weight is 265 g/mol. The molecule has 0 unspecified atom stereocenters. The number of hydrogen-bond donors (Lipinski definition) is 2. The second-order valence-electron chi connectivity index (χ2n) is 4.62. The number of aryl methyl sites for hydroxylation is 1. The van der Waals surface area contributed by atoms with Crippen molar-refractivity contribution in [3.63, 3.8) is 0 Å². The zero-order chi connectivity index (χ0) is 14.7. The third-order valence-electron chi connectivity index (χ3n) is 3.24. The number of nitrogens with one attached hydrogen (secondary N) is 1. The third kappa shape index (κ3) is 2.62. The third-order valence-corrected chi connectivity index (χ3v) is 3.24. The molecule has 2 aromatic carbocycles. The quantitative estimate of drug-likeness (QED) is 0.819. The lowest BCUT2D eigenvalue weighted by molar-refractivity contribution is 0.102. The van der Waals surface area contributed by atoms with Crippen LogP contribution in [-0.4, -0.2) is 5.91 Å². The van der Waals surface area contributed by atoms with Gasteiger partial charge in [-0.1, -0.05) is 12.1 Å². The van der Waals surface area contributed by atoms with Gasteiger partial charge in [0.1, 0.15) is 0 Å². The van der Waals surface area contributed by atoms with E-state index >= 15 is 0 Å². The molecule has 0 heterocycles. The van der Waals surface area contributed by atoms with Crippen LogP contribution in [-0.2, 0) is 0 Å². The molecule has 0 aliphatic rings. The first-order chi connectivity index (χ1) is 9.52. The van der Waals surface area contributed by atoms with Crippen molar-refractivity contribution in [3.8, 4) is 6.07 Å². The predicted octanol–water partition coefficient (Wildman–Crippen LogP) is 3.01. The van der Waals surface area contributed by atoms with E-state index in [0.29, 0.717) is 22.5 Å². The highest BCUT2D eigenvalue weighted by Crippen LogP contribution is 2.20. The molecule has 2 rings (SSSR count). The SMILES string of the molecule is Cc1ccc(C#N)cc1NC(=O)c1cccc(N)c1C. The number of nitrogens with two attached hydrogens (primary N) is 1. The van der Waals surface area contributed by atoms with Gasteiger partial charge in [0.05, 0.1) is 11.6 Å². The molecular formula is C16H15N3O. The van der Waals surface area contributed by atoms with Crippen molar-refractivity contribution in [2.45, 2.75) is 13.8 Å². The number of carbonyl (C=O) groups is 1. The van der Waals surface area contributed by atoms with Gasteiger partial charge in [0.2, 0.25) is 0 Å². The Balaban J connectivity index is 2.33. The molecule has 3 N–H and O–H groups in total. The number of nitrogens with zero attached hydrogens (tertiary/aromatic N) is 1. The summed E-state index contributed by atoms with van der Waals surface area (Å²) >= 11 is 0. The van der Waals surface area contributed by atoms with Gasteiger partial charge in [-0.3, -0.25) is 4.79 Å². The van der Waals surface area contributed by atoms with Crippen LogP contribution >= 0.6 is 0 Å². The van der Waals surface area contributed by atoms with Crippen molar-refractivity contribution >= 4 is 17.3 Å². The fraction of sp³-hybridized carbons (Fsp3) is 0.125. The maximum Gasteiger partial charge on any atom is 0.256 e. The van der Waals surface area contributed by atoms with Gasteiger partial charge in [-0.2, -0.15) is 5.26 Å². The molecule has 100 valence electrons. The molecule has 0 atom stereocenters. The van der Waals surface area contributed by atoms with Gasteiger partial charge in [-0.25, -0.2) is 0 Å². The smallest absolute Gasteiger partial charge is 0.256 e. The topological polar surface area (TPSA) is 78.9 Å². The van der Waals surface area contributed by atoms with Gasteiger partial charge >= 0.3 is 0 Å². The monoisotopic (exact) mass is 265 g/mol. The first-order valence-electron chi connectivity index (χ1n) is 6.20. The van der Waals surface area contributed by atoms with Crippen LogP contribution in [0.2, 0.25) is 0 Å². The van der Waals surface area contributed by atoms with Gasteiger partial charge in [-0.05, 0) is 49.2 Å². The molecule has 20 heavy (non-hydrogen) atoms. The van der Waals surface area contributed by atoms with Gasteiger partial charge in [0.15, 0.2) is 0 Å². The van der Waals surface area contributed by atoms with Crippen LogP contribution in [0.15, 0.2) is 36.4 Å². The van der Waals surface area contributed by atoms with E-state index < -0.39 is 0 Å². The van der Waals surface area contributed by atoms with Crippen molar-refractivity contribution in [1.82, 2.24) is 0 Å². The van der Waals surface area contributed by atoms with Crippen molar-refractivity contribution < 1.29 is 4.79 Å². The number of amides is 1. The summed E-state index contributed by atoms with van der Waals surface area (Å²) in [5.74, 6) is -0.229. The molecule has 0 saturated carbocycles. The first kappa shape index (κ1) is 13.6. The van der Waals surface area contributed by atoms with Crippen LogP contribution in [0.5, 0.6) is 0 Å². The van der Waals surface area contributed by atoms with Crippen molar-refractivity contribution in [1.29, 1.82) is 5.26 Å². The summed E-state index contributed by atoms with van der Waals surface area (Å²) in [5, 5.41) is 11.7. The van der Waals surface area contributed by atoms with E-state index in [2.05, 4.69) is 11.4 Å². The zero-order valence-corrected chi connectivity index (χ0v) is 11.4. The summed E-state index contributed by atoms with van der Waals surface area (Å²) < 4.78 is 0. The molecule has 1 amide bonds. The average Bonchev–Trinajstić information content (AvgIpc) is 2.44. The first-order valence-corrected chi connectivity index (χ1v) is 6.20. The number of anilines is 2. The summed E-state index contributed by atoms with van der Waals surface area (Å²) in [5.41, 5.74) is 9.72. The normalized spacial score (nSPS) is 9.85. The fourth-order valence-electron chi connectivity index (χ4n) is 1.92. The van der Waals surface area contributed by atoms with E-state index in [9.17, 15) is 4.79 Å². The number of benzene rings is 2. The fourth-order valence-corrected chi connectivity index (χ4v) is 1.92. The van der Waals surface area contributed by atoms with E-state index in [0.717, 1.165) is 11.1 Å². The van der Waals surface area contributed by atoms with E-state index in [1.165, 1.54) is 0 Å². The lowest BCUT2D eigenvalue weighted by Gasteiger charge is -2.11. The number of carbonyl (C=O) groups excluding carboxylic acids is 1. The Labute approximate surface area is 117 Å². The zero-order valence-electron chi connectivity index (χ0n) is 11.4. The molecular weight excluding hydrogens is 250 g/mol.